The van der Waals surface area contributed by atoms with Gasteiger partial charge in [-0.05, 0) is 48.5 Å². The summed E-state index contributed by atoms with van der Waals surface area (Å²) in [5, 5.41) is 25.2. The third-order valence-electron chi connectivity index (χ3n) is 4.51. The van der Waals surface area contributed by atoms with Crippen molar-refractivity contribution in [2.24, 2.45) is 0 Å². The van der Waals surface area contributed by atoms with E-state index >= 15 is 0 Å². The van der Waals surface area contributed by atoms with Gasteiger partial charge in [0.2, 0.25) is 14.7 Å². The fourth-order valence-electron chi connectivity index (χ4n) is 3.10. The molecule has 0 unspecified atom stereocenters. The highest BCUT2D eigenvalue weighted by Gasteiger charge is 2.62. The van der Waals surface area contributed by atoms with Gasteiger partial charge in [-0.25, -0.2) is 19.0 Å². The number of thioether (sulfide) groups is 1. The summed E-state index contributed by atoms with van der Waals surface area (Å²) in [6, 6.07) is 5.66. The third-order valence-corrected chi connectivity index (χ3v) is 8.61. The van der Waals surface area contributed by atoms with Crippen molar-refractivity contribution in [3.8, 4) is 5.75 Å². The first kappa shape index (κ1) is 20.5. The van der Waals surface area contributed by atoms with Gasteiger partial charge >= 0.3 is 0 Å². The topological polar surface area (TPSA) is 159 Å². The maximum Gasteiger partial charge on any atom is 0.281 e. The Labute approximate surface area is 165 Å². The van der Waals surface area contributed by atoms with E-state index in [1.165, 1.54) is 41.5 Å². The Hall–Kier alpha value is -2.22. The molecular formula is C15H20N6O5S2. The monoisotopic (exact) mass is 428 g/mol. The predicted molar refractivity (Wildman–Crippen MR) is 99.3 cm³/mol. The first-order valence-electron chi connectivity index (χ1n) is 8.28. The standard InChI is InChI=1S/C15H20N6O5S2/c1-14(2)15(13(22)19-23,16-7-8-27-14)28(24,25)11-5-3-10(4-6-11)26-9-12-17-20-21-18-12/h3-6,16,23H,7-9H2,1-2H3,(H,19,22)(H,17,18,20,21)/t15-/m0/s1. The summed E-state index contributed by atoms with van der Waals surface area (Å²) in [5.74, 6) is 0.427. The molecule has 0 aliphatic carbocycles. The predicted octanol–water partition coefficient (Wildman–Crippen LogP) is -0.131. The largest absolute Gasteiger partial charge is 0.486 e. The summed E-state index contributed by atoms with van der Waals surface area (Å²) >= 11 is 1.34. The van der Waals surface area contributed by atoms with Crippen LogP contribution in [0, 0.1) is 0 Å². The molecule has 2 aromatic rings. The molecule has 1 saturated heterocycles. The molecule has 1 atom stereocenters. The lowest BCUT2D eigenvalue weighted by Crippen LogP contribution is -2.73. The summed E-state index contributed by atoms with van der Waals surface area (Å²) in [6.45, 7) is 3.69. The van der Waals surface area contributed by atoms with Gasteiger partial charge in [0.05, 0.1) is 9.64 Å². The summed E-state index contributed by atoms with van der Waals surface area (Å²) in [4.78, 5) is 10.4. The summed E-state index contributed by atoms with van der Waals surface area (Å²) in [5.41, 5.74) is 1.51. The average Bonchev–Trinajstić information content (AvgIpc) is 3.19. The molecular weight excluding hydrogens is 408 g/mol. The summed E-state index contributed by atoms with van der Waals surface area (Å²) in [6.07, 6.45) is 0. The normalized spacial score (nSPS) is 21.8. The number of hydroxylamine groups is 1. The van der Waals surface area contributed by atoms with Gasteiger partial charge in [0.15, 0.2) is 5.82 Å². The van der Waals surface area contributed by atoms with E-state index in [1.807, 2.05) is 0 Å². The van der Waals surface area contributed by atoms with Crippen LogP contribution < -0.4 is 15.5 Å². The van der Waals surface area contributed by atoms with Crippen molar-refractivity contribution < 1.29 is 23.2 Å². The van der Waals surface area contributed by atoms with Gasteiger partial charge in [-0.1, -0.05) is 0 Å². The number of nitrogens with one attached hydrogen (secondary N) is 3. The van der Waals surface area contributed by atoms with E-state index in [0.717, 1.165) is 0 Å². The van der Waals surface area contributed by atoms with Crippen molar-refractivity contribution >= 4 is 27.5 Å². The Bertz CT molecular complexity index is 932. The van der Waals surface area contributed by atoms with E-state index in [0.29, 0.717) is 23.9 Å². The first-order chi connectivity index (χ1) is 13.2. The lowest BCUT2D eigenvalue weighted by Gasteiger charge is -2.47. The highest BCUT2D eigenvalue weighted by atomic mass is 32.2. The van der Waals surface area contributed by atoms with Crippen LogP contribution in [0.25, 0.3) is 0 Å². The van der Waals surface area contributed by atoms with Crippen molar-refractivity contribution in [2.45, 2.75) is 35.0 Å². The Kier molecular flexibility index (Phi) is 5.61. The van der Waals surface area contributed by atoms with Crippen LogP contribution in [0.5, 0.6) is 5.75 Å². The van der Waals surface area contributed by atoms with Crippen molar-refractivity contribution in [2.75, 3.05) is 12.3 Å². The molecule has 0 saturated carbocycles. The van der Waals surface area contributed by atoms with Gasteiger partial charge in [-0.15, -0.1) is 5.10 Å². The zero-order chi connectivity index (χ0) is 20.4. The number of carbonyl (C=O) groups is 1. The number of rotatable bonds is 6. The highest BCUT2D eigenvalue weighted by Crippen LogP contribution is 2.44. The van der Waals surface area contributed by atoms with Crippen molar-refractivity contribution in [1.29, 1.82) is 0 Å². The number of hydrogen-bond donors (Lipinski definition) is 4. The minimum atomic E-state index is -4.22. The average molecular weight is 428 g/mol. The van der Waals surface area contributed by atoms with E-state index in [-0.39, 0.29) is 11.5 Å². The second kappa shape index (κ2) is 7.66. The number of benzene rings is 1. The molecule has 0 bridgehead atoms. The lowest BCUT2D eigenvalue weighted by molar-refractivity contribution is -0.133. The van der Waals surface area contributed by atoms with Crippen LogP contribution in [0.3, 0.4) is 0 Å². The number of tetrazole rings is 1. The molecule has 1 aliphatic rings. The Morgan fingerprint density at radius 3 is 2.64 bits per heavy atom. The van der Waals surface area contributed by atoms with Gasteiger partial charge in [0, 0.05) is 12.3 Å². The van der Waals surface area contributed by atoms with Crippen molar-refractivity contribution in [3.05, 3.63) is 30.1 Å². The maximum atomic E-state index is 13.5. The molecule has 3 rings (SSSR count). The van der Waals surface area contributed by atoms with Crippen LogP contribution >= 0.6 is 11.8 Å². The molecule has 0 spiro atoms. The van der Waals surface area contributed by atoms with E-state index < -0.39 is 25.4 Å². The fraction of sp³-hybridized carbons (Fsp3) is 0.467. The maximum absolute atomic E-state index is 13.5. The lowest BCUT2D eigenvalue weighted by atomic mass is 10.0. The van der Waals surface area contributed by atoms with Crippen LogP contribution in [0.4, 0.5) is 0 Å². The number of hydrogen-bond acceptors (Lipinski definition) is 10. The third kappa shape index (κ3) is 3.34. The zero-order valence-corrected chi connectivity index (χ0v) is 16.8. The van der Waals surface area contributed by atoms with Crippen LogP contribution in [0.1, 0.15) is 19.7 Å². The molecule has 1 aromatic carbocycles. The molecule has 13 heteroatoms. The van der Waals surface area contributed by atoms with Crippen molar-refractivity contribution in [3.63, 3.8) is 0 Å². The van der Waals surface area contributed by atoms with E-state index in [9.17, 15) is 18.4 Å². The number of carbonyl (C=O) groups excluding carboxylic acids is 1. The first-order valence-corrected chi connectivity index (χ1v) is 10.7. The van der Waals surface area contributed by atoms with Crippen LogP contribution in [-0.4, -0.2) is 62.1 Å². The zero-order valence-electron chi connectivity index (χ0n) is 15.2. The summed E-state index contributed by atoms with van der Waals surface area (Å²) < 4.78 is 31.4. The number of ether oxygens (including phenoxy) is 1. The molecule has 1 aliphatic heterocycles. The SMILES string of the molecule is CC1(C)SCCN[C@@]1(C(=O)NO)S(=O)(=O)c1ccc(OCc2nnn[nH]2)cc1. The quantitative estimate of drug-likeness (QED) is 0.360. The Morgan fingerprint density at radius 1 is 1.36 bits per heavy atom. The number of H-pyrrole nitrogens is 1. The molecule has 0 radical (unpaired) electrons. The van der Waals surface area contributed by atoms with Gasteiger partial charge in [0.1, 0.15) is 12.4 Å². The number of nitrogens with zero attached hydrogens (tertiary/aromatic N) is 3. The molecule has 1 amide bonds. The van der Waals surface area contributed by atoms with Gasteiger partial charge in [0.25, 0.3) is 5.91 Å². The van der Waals surface area contributed by atoms with Gasteiger partial charge in [-0.3, -0.25) is 15.3 Å². The van der Waals surface area contributed by atoms with Crippen LogP contribution in [-0.2, 0) is 21.2 Å². The second-order valence-electron chi connectivity index (χ2n) is 6.52. The van der Waals surface area contributed by atoms with E-state index in [1.54, 1.807) is 13.8 Å². The summed E-state index contributed by atoms with van der Waals surface area (Å²) in [7, 11) is -4.22. The van der Waals surface area contributed by atoms with Crippen LogP contribution in [0.2, 0.25) is 0 Å². The Balaban J connectivity index is 1.92. The fourth-order valence-corrected chi connectivity index (χ4v) is 6.77. The number of sulfone groups is 1. The number of aromatic nitrogens is 4. The molecule has 4 N–H and O–H groups in total. The minimum Gasteiger partial charge on any atom is -0.486 e. The van der Waals surface area contributed by atoms with E-state index in [4.69, 9.17) is 4.74 Å². The minimum absolute atomic E-state index is 0.0761. The molecule has 152 valence electrons. The van der Waals surface area contributed by atoms with E-state index in [2.05, 4.69) is 25.9 Å². The van der Waals surface area contributed by atoms with Gasteiger partial charge in [-0.2, -0.15) is 11.8 Å². The highest BCUT2D eigenvalue weighted by molar-refractivity contribution is 8.02. The molecule has 2 heterocycles. The molecule has 1 fully saturated rings. The molecule has 11 nitrogen and oxygen atoms in total. The second-order valence-corrected chi connectivity index (χ2v) is 10.3. The molecule has 28 heavy (non-hydrogen) atoms. The molecule has 1 aromatic heterocycles. The number of amides is 1. The van der Waals surface area contributed by atoms with Crippen LogP contribution in [0.15, 0.2) is 29.2 Å². The van der Waals surface area contributed by atoms with Crippen molar-refractivity contribution in [1.82, 2.24) is 31.4 Å². The smallest absolute Gasteiger partial charge is 0.281 e. The Morgan fingerprint density at radius 2 is 2.07 bits per heavy atom. The van der Waals surface area contributed by atoms with Gasteiger partial charge < -0.3 is 4.74 Å². The number of aromatic amines is 1.